The Labute approximate surface area is 150 Å². The molecule has 24 heavy (non-hydrogen) atoms. The highest BCUT2D eigenvalue weighted by molar-refractivity contribution is 8.29. The molecule has 2 rings (SSSR count). The van der Waals surface area contributed by atoms with E-state index in [0.717, 1.165) is 39.1 Å². The van der Waals surface area contributed by atoms with E-state index in [-0.39, 0.29) is 4.75 Å². The molecule has 1 aliphatic heterocycles. The third kappa shape index (κ3) is 6.07. The minimum Gasteiger partial charge on any atom is -0.375 e. The van der Waals surface area contributed by atoms with Crippen molar-refractivity contribution in [1.29, 1.82) is 0 Å². The minimum absolute atomic E-state index is 0.245. The Morgan fingerprint density at radius 2 is 1.71 bits per heavy atom. The van der Waals surface area contributed by atoms with E-state index in [1.807, 2.05) is 6.07 Å². The maximum Gasteiger partial charge on any atom is 0.0725 e. The first-order valence-corrected chi connectivity index (χ1v) is 11.4. The molecule has 0 amide bonds. The van der Waals surface area contributed by atoms with Crippen molar-refractivity contribution >= 4 is 10.3 Å². The number of ether oxygens (including phenoxy) is 1. The van der Waals surface area contributed by atoms with Crippen LogP contribution in [-0.2, 0) is 15.5 Å². The SMILES string of the molecule is CC(C)(C)S(C)(C)OC1CCN(CCOCc2ccccc2)CC1. The topological polar surface area (TPSA) is 21.7 Å². The maximum atomic E-state index is 6.50. The molecule has 138 valence electrons. The van der Waals surface area contributed by atoms with Gasteiger partial charge in [0.2, 0.25) is 0 Å². The van der Waals surface area contributed by atoms with Gasteiger partial charge in [-0.25, -0.2) is 0 Å². The van der Waals surface area contributed by atoms with Crippen LogP contribution in [0.4, 0.5) is 0 Å². The zero-order valence-electron chi connectivity index (χ0n) is 16.1. The van der Waals surface area contributed by atoms with Crippen LogP contribution in [0.2, 0.25) is 0 Å². The molecule has 0 N–H and O–H groups in total. The standard InChI is InChI=1S/C20H35NO2S/c1-20(2,3)24(4,5)23-19-11-13-21(14-12-19)15-16-22-17-18-9-7-6-8-10-18/h6-10,19H,11-17H2,1-5H3. The lowest BCUT2D eigenvalue weighted by Crippen LogP contribution is -2.40. The second kappa shape index (κ2) is 8.70. The van der Waals surface area contributed by atoms with E-state index in [1.165, 1.54) is 5.56 Å². The Balaban J connectivity index is 1.63. The van der Waals surface area contributed by atoms with E-state index in [9.17, 15) is 0 Å². The first kappa shape index (κ1) is 19.8. The van der Waals surface area contributed by atoms with Gasteiger partial charge in [0.25, 0.3) is 0 Å². The summed E-state index contributed by atoms with van der Waals surface area (Å²) in [4.78, 5) is 2.50. The Kier molecular flexibility index (Phi) is 7.17. The average molecular weight is 354 g/mol. The van der Waals surface area contributed by atoms with E-state index in [0.29, 0.717) is 12.7 Å². The van der Waals surface area contributed by atoms with Crippen LogP contribution in [0.3, 0.4) is 0 Å². The Hall–Kier alpha value is -0.550. The van der Waals surface area contributed by atoms with E-state index in [1.54, 1.807) is 0 Å². The Morgan fingerprint density at radius 1 is 1.08 bits per heavy atom. The number of likely N-dealkylation sites (tertiary alicyclic amines) is 1. The van der Waals surface area contributed by atoms with Crippen molar-refractivity contribution in [1.82, 2.24) is 4.90 Å². The normalized spacial score (nSPS) is 18.7. The fourth-order valence-electron chi connectivity index (χ4n) is 2.67. The third-order valence-corrected chi connectivity index (χ3v) is 8.75. The van der Waals surface area contributed by atoms with Gasteiger partial charge in [-0.1, -0.05) is 51.1 Å². The van der Waals surface area contributed by atoms with Gasteiger partial charge in [-0.2, -0.15) is 0 Å². The average Bonchev–Trinajstić information content (AvgIpc) is 2.53. The minimum atomic E-state index is -1.01. The van der Waals surface area contributed by atoms with Crippen molar-refractivity contribution in [3.63, 3.8) is 0 Å². The Morgan fingerprint density at radius 3 is 2.29 bits per heavy atom. The van der Waals surface area contributed by atoms with E-state index >= 15 is 0 Å². The van der Waals surface area contributed by atoms with Gasteiger partial charge in [0.1, 0.15) is 0 Å². The predicted molar refractivity (Wildman–Crippen MR) is 106 cm³/mol. The van der Waals surface area contributed by atoms with Crippen molar-refractivity contribution in [2.24, 2.45) is 0 Å². The van der Waals surface area contributed by atoms with Gasteiger partial charge < -0.3 is 13.8 Å². The molecule has 0 radical (unpaired) electrons. The lowest BCUT2D eigenvalue weighted by Gasteiger charge is -2.47. The quantitative estimate of drug-likeness (QED) is 0.676. The summed E-state index contributed by atoms with van der Waals surface area (Å²) in [5, 5.41) is 0. The number of rotatable bonds is 7. The molecule has 0 spiro atoms. The molecule has 0 atom stereocenters. The lowest BCUT2D eigenvalue weighted by molar-refractivity contribution is 0.0636. The van der Waals surface area contributed by atoms with Crippen LogP contribution in [0.15, 0.2) is 30.3 Å². The van der Waals surface area contributed by atoms with Gasteiger partial charge in [0, 0.05) is 24.4 Å². The summed E-state index contributed by atoms with van der Waals surface area (Å²) in [6, 6.07) is 10.4. The highest BCUT2D eigenvalue weighted by atomic mass is 32.3. The molecule has 3 nitrogen and oxygen atoms in total. The number of benzene rings is 1. The molecule has 0 bridgehead atoms. The van der Waals surface area contributed by atoms with Gasteiger partial charge >= 0.3 is 0 Å². The van der Waals surface area contributed by atoms with Crippen molar-refractivity contribution in [2.45, 2.75) is 51.1 Å². The van der Waals surface area contributed by atoms with E-state index < -0.39 is 10.3 Å². The van der Waals surface area contributed by atoms with E-state index in [4.69, 9.17) is 8.92 Å². The van der Waals surface area contributed by atoms with Crippen LogP contribution in [-0.4, -0.2) is 54.5 Å². The molecule has 0 saturated carbocycles. The molecule has 0 aliphatic carbocycles. The highest BCUT2D eigenvalue weighted by Crippen LogP contribution is 2.55. The van der Waals surface area contributed by atoms with Crippen LogP contribution in [0.1, 0.15) is 39.2 Å². The van der Waals surface area contributed by atoms with Gasteiger partial charge in [-0.05, 0) is 30.9 Å². The Bertz CT molecular complexity index is 476. The summed E-state index contributed by atoms with van der Waals surface area (Å²) < 4.78 is 12.6. The molecule has 1 aromatic carbocycles. The first-order valence-electron chi connectivity index (χ1n) is 9.03. The van der Waals surface area contributed by atoms with Crippen LogP contribution < -0.4 is 0 Å². The molecule has 4 heteroatoms. The van der Waals surface area contributed by atoms with Gasteiger partial charge in [0.05, 0.1) is 19.3 Å². The van der Waals surface area contributed by atoms with Crippen molar-refractivity contribution in [3.8, 4) is 0 Å². The van der Waals surface area contributed by atoms with Crippen molar-refractivity contribution in [3.05, 3.63) is 35.9 Å². The highest BCUT2D eigenvalue weighted by Gasteiger charge is 2.32. The smallest absolute Gasteiger partial charge is 0.0725 e. The molecular formula is C20H35NO2S. The second-order valence-corrected chi connectivity index (χ2v) is 11.9. The summed E-state index contributed by atoms with van der Waals surface area (Å²) in [6.07, 6.45) is 7.32. The molecule has 1 heterocycles. The molecular weight excluding hydrogens is 318 g/mol. The third-order valence-electron chi connectivity index (χ3n) is 5.05. The fourth-order valence-corrected chi connectivity index (χ4v) is 3.83. The van der Waals surface area contributed by atoms with Crippen LogP contribution in [0, 0.1) is 0 Å². The summed E-state index contributed by atoms with van der Waals surface area (Å²) >= 11 is 0. The van der Waals surface area contributed by atoms with E-state index in [2.05, 4.69) is 62.4 Å². The van der Waals surface area contributed by atoms with Gasteiger partial charge in [0.15, 0.2) is 0 Å². The van der Waals surface area contributed by atoms with Crippen LogP contribution >= 0.6 is 10.3 Å². The molecule has 1 fully saturated rings. The molecule has 1 saturated heterocycles. The molecule has 1 aliphatic rings. The largest absolute Gasteiger partial charge is 0.375 e. The number of hydrogen-bond donors (Lipinski definition) is 0. The van der Waals surface area contributed by atoms with Crippen molar-refractivity contribution in [2.75, 3.05) is 38.8 Å². The molecule has 0 unspecified atom stereocenters. The number of piperidine rings is 1. The lowest BCUT2D eigenvalue weighted by atomic mass is 10.1. The molecule has 0 aromatic heterocycles. The van der Waals surface area contributed by atoms with Crippen LogP contribution in [0.5, 0.6) is 0 Å². The predicted octanol–water partition coefficient (Wildman–Crippen LogP) is 4.46. The zero-order chi connectivity index (χ0) is 17.6. The first-order chi connectivity index (χ1) is 11.3. The second-order valence-electron chi connectivity index (χ2n) is 8.02. The summed E-state index contributed by atoms with van der Waals surface area (Å²) in [7, 11) is -1.01. The number of hydrogen-bond acceptors (Lipinski definition) is 3. The summed E-state index contributed by atoms with van der Waals surface area (Å²) in [5.41, 5.74) is 1.25. The maximum absolute atomic E-state index is 6.50. The zero-order valence-corrected chi connectivity index (χ0v) is 16.9. The van der Waals surface area contributed by atoms with Crippen LogP contribution in [0.25, 0.3) is 0 Å². The summed E-state index contributed by atoms with van der Waals surface area (Å²) in [6.45, 7) is 11.7. The van der Waals surface area contributed by atoms with Gasteiger partial charge in [-0.3, -0.25) is 0 Å². The number of nitrogens with zero attached hydrogens (tertiary/aromatic N) is 1. The fraction of sp³-hybridized carbons (Fsp3) is 0.700. The summed E-state index contributed by atoms with van der Waals surface area (Å²) in [5.74, 6) is 0. The van der Waals surface area contributed by atoms with Crippen molar-refractivity contribution < 1.29 is 8.92 Å². The monoisotopic (exact) mass is 353 g/mol. The molecule has 1 aromatic rings. The van der Waals surface area contributed by atoms with Gasteiger partial charge in [-0.15, -0.1) is 10.3 Å².